The number of benzene rings is 1. The van der Waals surface area contributed by atoms with Gasteiger partial charge in [0.15, 0.2) is 0 Å². The Morgan fingerprint density at radius 1 is 1.38 bits per heavy atom. The highest BCUT2D eigenvalue weighted by atomic mass is 32.2. The van der Waals surface area contributed by atoms with Crippen molar-refractivity contribution in [1.29, 1.82) is 0 Å². The Labute approximate surface area is 149 Å². The van der Waals surface area contributed by atoms with Crippen LogP contribution in [0.2, 0.25) is 0 Å². The molecule has 1 aromatic rings. The lowest BCUT2D eigenvalue weighted by atomic mass is 9.81. The Balaban J connectivity index is 1.92. The van der Waals surface area contributed by atoms with Gasteiger partial charge in [-0.05, 0) is 31.2 Å². The fourth-order valence-corrected chi connectivity index (χ4v) is 5.38. The van der Waals surface area contributed by atoms with Crippen LogP contribution >= 0.6 is 0 Å². The van der Waals surface area contributed by atoms with Gasteiger partial charge in [0.2, 0.25) is 15.9 Å². The Kier molecular flexibility index (Phi) is 4.78. The first-order valence-electron chi connectivity index (χ1n) is 8.21. The fraction of sp³-hybridized carbons (Fsp3) is 0.562. The lowest BCUT2D eigenvalue weighted by molar-refractivity contribution is -0.137. The first kappa shape index (κ1) is 19.1. The third kappa shape index (κ3) is 3.45. The second-order valence-corrected chi connectivity index (χ2v) is 8.75. The number of rotatable bonds is 3. The van der Waals surface area contributed by atoms with Crippen LogP contribution in [0.25, 0.3) is 0 Å². The zero-order chi connectivity index (χ0) is 19.2. The number of carbonyl (C=O) groups excluding carboxylic acids is 1. The highest BCUT2D eigenvalue weighted by Gasteiger charge is 2.51. The summed E-state index contributed by atoms with van der Waals surface area (Å²) >= 11 is 0. The monoisotopic (exact) mass is 391 g/mol. The summed E-state index contributed by atoms with van der Waals surface area (Å²) in [5.41, 5.74) is -1.69. The highest BCUT2D eigenvalue weighted by Crippen LogP contribution is 2.37. The molecule has 2 aliphatic heterocycles. The van der Waals surface area contributed by atoms with E-state index in [2.05, 4.69) is 10.6 Å². The SMILES string of the molecule is CC(=O)N[C@@]12CCNC[C@@H]1CN(S(=O)(=O)c1cccc(C(F)(F)F)c1)C2. The van der Waals surface area contributed by atoms with E-state index in [-0.39, 0.29) is 24.9 Å². The number of carbonyl (C=O) groups is 1. The molecule has 2 aliphatic rings. The van der Waals surface area contributed by atoms with Crippen molar-refractivity contribution in [2.24, 2.45) is 5.92 Å². The molecule has 2 saturated heterocycles. The van der Waals surface area contributed by atoms with Gasteiger partial charge in [-0.3, -0.25) is 4.79 Å². The number of piperidine rings is 1. The Morgan fingerprint density at radius 2 is 2.12 bits per heavy atom. The molecule has 144 valence electrons. The van der Waals surface area contributed by atoms with E-state index >= 15 is 0 Å². The molecule has 2 atom stereocenters. The molecule has 0 saturated carbocycles. The van der Waals surface area contributed by atoms with Crippen molar-refractivity contribution in [3.63, 3.8) is 0 Å². The van der Waals surface area contributed by atoms with Crippen LogP contribution in [-0.2, 0) is 21.0 Å². The molecule has 0 aliphatic carbocycles. The summed E-state index contributed by atoms with van der Waals surface area (Å²) < 4.78 is 65.7. The molecular weight excluding hydrogens is 371 g/mol. The van der Waals surface area contributed by atoms with E-state index in [0.717, 1.165) is 18.2 Å². The summed E-state index contributed by atoms with van der Waals surface area (Å²) in [6, 6.07) is 3.74. The standard InChI is InChI=1S/C16H20F3N3O3S/c1-11(23)21-15-5-6-20-8-13(15)9-22(10-15)26(24,25)14-4-2-3-12(7-14)16(17,18)19/h2-4,7,13,20H,5-6,8-10H2,1H3,(H,21,23)/t13-,15-/m1/s1. The Hall–Kier alpha value is -1.65. The van der Waals surface area contributed by atoms with Crippen molar-refractivity contribution in [2.75, 3.05) is 26.2 Å². The third-order valence-electron chi connectivity index (χ3n) is 5.03. The number of sulfonamides is 1. The molecule has 0 radical (unpaired) electrons. The van der Waals surface area contributed by atoms with Crippen LogP contribution in [0.5, 0.6) is 0 Å². The number of nitrogens with one attached hydrogen (secondary N) is 2. The first-order valence-corrected chi connectivity index (χ1v) is 9.65. The van der Waals surface area contributed by atoms with E-state index in [4.69, 9.17) is 0 Å². The maximum Gasteiger partial charge on any atom is 0.416 e. The van der Waals surface area contributed by atoms with Gasteiger partial charge < -0.3 is 10.6 Å². The predicted molar refractivity (Wildman–Crippen MR) is 87.7 cm³/mol. The normalized spacial score (nSPS) is 27.2. The maximum absolute atomic E-state index is 12.9. The minimum Gasteiger partial charge on any atom is -0.349 e. The van der Waals surface area contributed by atoms with Crippen molar-refractivity contribution in [2.45, 2.75) is 30.0 Å². The molecule has 2 N–H and O–H groups in total. The van der Waals surface area contributed by atoms with Gasteiger partial charge in [-0.2, -0.15) is 17.5 Å². The van der Waals surface area contributed by atoms with Crippen molar-refractivity contribution in [3.05, 3.63) is 29.8 Å². The molecule has 2 heterocycles. The zero-order valence-corrected chi connectivity index (χ0v) is 15.0. The van der Waals surface area contributed by atoms with Crippen LogP contribution < -0.4 is 10.6 Å². The van der Waals surface area contributed by atoms with Crippen molar-refractivity contribution < 1.29 is 26.4 Å². The number of hydrogen-bond donors (Lipinski definition) is 2. The molecule has 1 amide bonds. The van der Waals surface area contributed by atoms with Crippen LogP contribution in [0, 0.1) is 5.92 Å². The van der Waals surface area contributed by atoms with Crippen LogP contribution in [-0.4, -0.2) is 50.3 Å². The quantitative estimate of drug-likeness (QED) is 0.812. The summed E-state index contributed by atoms with van der Waals surface area (Å²) in [6.07, 6.45) is -4.06. The molecule has 6 nitrogen and oxygen atoms in total. The van der Waals surface area contributed by atoms with Crippen molar-refractivity contribution in [1.82, 2.24) is 14.9 Å². The van der Waals surface area contributed by atoms with Gasteiger partial charge in [-0.25, -0.2) is 8.42 Å². The lowest BCUT2D eigenvalue weighted by Crippen LogP contribution is -2.60. The number of fused-ring (bicyclic) bond motifs is 1. The summed E-state index contributed by atoms with van der Waals surface area (Å²) in [7, 11) is -4.10. The van der Waals surface area contributed by atoms with E-state index in [1.54, 1.807) is 0 Å². The summed E-state index contributed by atoms with van der Waals surface area (Å²) in [4.78, 5) is 11.2. The molecule has 0 unspecified atom stereocenters. The highest BCUT2D eigenvalue weighted by molar-refractivity contribution is 7.89. The van der Waals surface area contributed by atoms with Gasteiger partial charge >= 0.3 is 6.18 Å². The topological polar surface area (TPSA) is 78.5 Å². The van der Waals surface area contributed by atoms with E-state index in [1.165, 1.54) is 11.2 Å². The average molecular weight is 391 g/mol. The number of halogens is 3. The van der Waals surface area contributed by atoms with Gasteiger partial charge in [-0.15, -0.1) is 0 Å². The molecule has 0 spiro atoms. The molecule has 2 fully saturated rings. The summed E-state index contributed by atoms with van der Waals surface area (Å²) in [6.45, 7) is 2.74. The second kappa shape index (κ2) is 6.50. The molecule has 26 heavy (non-hydrogen) atoms. The van der Waals surface area contributed by atoms with Gasteiger partial charge in [0.1, 0.15) is 0 Å². The van der Waals surface area contributed by atoms with Crippen LogP contribution in [0.4, 0.5) is 13.2 Å². The van der Waals surface area contributed by atoms with E-state index in [9.17, 15) is 26.4 Å². The number of alkyl halides is 3. The number of amides is 1. The maximum atomic E-state index is 12.9. The molecule has 0 bridgehead atoms. The molecule has 0 aromatic heterocycles. The van der Waals surface area contributed by atoms with Gasteiger partial charge in [0, 0.05) is 32.5 Å². The Morgan fingerprint density at radius 3 is 2.77 bits per heavy atom. The average Bonchev–Trinajstić information content (AvgIpc) is 2.93. The van der Waals surface area contributed by atoms with E-state index < -0.39 is 32.2 Å². The smallest absolute Gasteiger partial charge is 0.349 e. The fourth-order valence-electron chi connectivity index (χ4n) is 3.78. The molecule has 3 rings (SSSR count). The molecular formula is C16H20F3N3O3S. The van der Waals surface area contributed by atoms with E-state index in [0.29, 0.717) is 25.6 Å². The zero-order valence-electron chi connectivity index (χ0n) is 14.1. The lowest BCUT2D eigenvalue weighted by Gasteiger charge is -2.39. The van der Waals surface area contributed by atoms with Crippen LogP contribution in [0.1, 0.15) is 18.9 Å². The van der Waals surface area contributed by atoms with Crippen molar-refractivity contribution >= 4 is 15.9 Å². The van der Waals surface area contributed by atoms with Crippen LogP contribution in [0.15, 0.2) is 29.2 Å². The van der Waals surface area contributed by atoms with Crippen molar-refractivity contribution in [3.8, 4) is 0 Å². The minimum absolute atomic E-state index is 0.0531. The minimum atomic E-state index is -4.62. The van der Waals surface area contributed by atoms with Gasteiger partial charge in [0.25, 0.3) is 0 Å². The number of hydrogen-bond acceptors (Lipinski definition) is 4. The predicted octanol–water partition coefficient (Wildman–Crippen LogP) is 1.19. The molecule has 10 heteroatoms. The third-order valence-corrected chi connectivity index (χ3v) is 6.83. The van der Waals surface area contributed by atoms with Crippen LogP contribution in [0.3, 0.4) is 0 Å². The second-order valence-electron chi connectivity index (χ2n) is 6.81. The largest absolute Gasteiger partial charge is 0.416 e. The summed E-state index contributed by atoms with van der Waals surface area (Å²) in [5.74, 6) is -0.393. The first-order chi connectivity index (χ1) is 12.0. The van der Waals surface area contributed by atoms with Gasteiger partial charge in [-0.1, -0.05) is 6.07 Å². The van der Waals surface area contributed by atoms with E-state index in [1.807, 2.05) is 0 Å². The Bertz CT molecular complexity index is 812. The number of nitrogens with zero attached hydrogens (tertiary/aromatic N) is 1. The van der Waals surface area contributed by atoms with Gasteiger partial charge in [0.05, 0.1) is 16.0 Å². The molecule has 1 aromatic carbocycles. The summed E-state index contributed by atoms with van der Waals surface area (Å²) in [5, 5.41) is 6.05.